The molecule has 1 nitrogen and oxygen atoms in total. The Hall–Kier alpha value is -2.18. The van der Waals surface area contributed by atoms with Gasteiger partial charge in [0.05, 0.1) is 0 Å². The minimum atomic E-state index is -2.13. The zero-order chi connectivity index (χ0) is 19.0. The van der Waals surface area contributed by atoms with Gasteiger partial charge in [-0.15, -0.1) is 0 Å². The summed E-state index contributed by atoms with van der Waals surface area (Å²) in [4.78, 5) is 0. The fraction of sp³-hybridized carbons (Fsp3) is 0.154. The SMILES string of the molecule is C1=C[CH]([Zr]2([CH]3C=Cc4ccccc43)[CH2][CH2]2)c2ccccc21.Oc1ccccc1. The van der Waals surface area contributed by atoms with Gasteiger partial charge in [0.25, 0.3) is 0 Å². The van der Waals surface area contributed by atoms with Crippen LogP contribution in [0, 0.1) is 0 Å². The van der Waals surface area contributed by atoms with Gasteiger partial charge < -0.3 is 5.11 Å². The van der Waals surface area contributed by atoms with Crippen LogP contribution in [0.25, 0.3) is 12.2 Å². The van der Waals surface area contributed by atoms with Gasteiger partial charge in [0.2, 0.25) is 0 Å². The monoisotopic (exact) mass is 442 g/mol. The van der Waals surface area contributed by atoms with E-state index in [0.717, 1.165) is 7.25 Å². The quantitative estimate of drug-likeness (QED) is 0.456. The van der Waals surface area contributed by atoms with Crippen LogP contribution in [0.2, 0.25) is 8.26 Å². The summed E-state index contributed by atoms with van der Waals surface area (Å²) in [7, 11) is 0. The van der Waals surface area contributed by atoms with Gasteiger partial charge in [0.1, 0.15) is 5.75 Å². The first kappa shape index (κ1) is 17.9. The topological polar surface area (TPSA) is 20.2 Å². The predicted octanol–water partition coefficient (Wildman–Crippen LogP) is 6.92. The maximum Gasteiger partial charge on any atom is 0.115 e. The van der Waals surface area contributed by atoms with E-state index in [1.165, 1.54) is 11.1 Å². The number of allylic oxidation sites excluding steroid dienone is 2. The Bertz CT molecular complexity index is 983. The third-order valence-electron chi connectivity index (χ3n) is 6.42. The van der Waals surface area contributed by atoms with E-state index in [0.29, 0.717) is 5.75 Å². The molecule has 138 valence electrons. The third kappa shape index (κ3) is 3.14. The molecule has 2 unspecified atom stereocenters. The summed E-state index contributed by atoms with van der Waals surface area (Å²) in [5.74, 6) is 0.322. The van der Waals surface area contributed by atoms with Gasteiger partial charge in [-0.05, 0) is 12.1 Å². The van der Waals surface area contributed by atoms with Crippen molar-refractivity contribution in [2.45, 2.75) is 15.5 Å². The molecule has 2 aliphatic carbocycles. The second-order valence-corrected chi connectivity index (χ2v) is 19.6. The van der Waals surface area contributed by atoms with E-state index >= 15 is 0 Å². The van der Waals surface area contributed by atoms with Crippen molar-refractivity contribution in [1.29, 1.82) is 0 Å². The largest absolute Gasteiger partial charge is 0.508 e. The second kappa shape index (κ2) is 7.34. The number of hydrogen-bond donors (Lipinski definition) is 1. The minimum absolute atomic E-state index is 0.322. The van der Waals surface area contributed by atoms with Gasteiger partial charge in [-0.1, -0.05) is 18.2 Å². The molecule has 28 heavy (non-hydrogen) atoms. The smallest absolute Gasteiger partial charge is 0.115 e. The van der Waals surface area contributed by atoms with Crippen molar-refractivity contribution in [2.24, 2.45) is 0 Å². The van der Waals surface area contributed by atoms with E-state index in [4.69, 9.17) is 5.11 Å². The van der Waals surface area contributed by atoms with E-state index in [2.05, 4.69) is 72.8 Å². The van der Waals surface area contributed by atoms with Crippen molar-refractivity contribution < 1.29 is 25.4 Å². The molecule has 2 atom stereocenters. The Kier molecular flexibility index (Phi) is 4.69. The van der Waals surface area contributed by atoms with Crippen molar-refractivity contribution >= 4 is 12.2 Å². The summed E-state index contributed by atoms with van der Waals surface area (Å²) in [5, 5.41) is 8.63. The first-order valence-corrected chi connectivity index (χ1v) is 16.4. The molecule has 1 heterocycles. The summed E-state index contributed by atoms with van der Waals surface area (Å²) >= 11 is -2.13. The minimum Gasteiger partial charge on any atom is -0.508 e. The van der Waals surface area contributed by atoms with Gasteiger partial charge in [0.15, 0.2) is 0 Å². The fourth-order valence-corrected chi connectivity index (χ4v) is 20.5. The normalized spacial score (nSPS) is 22.1. The van der Waals surface area contributed by atoms with Gasteiger partial charge in [-0.3, -0.25) is 0 Å². The average molecular weight is 444 g/mol. The average Bonchev–Trinajstić information content (AvgIpc) is 3.23. The van der Waals surface area contributed by atoms with E-state index in [-0.39, 0.29) is 0 Å². The number of aromatic hydroxyl groups is 1. The first-order valence-electron chi connectivity index (χ1n) is 10.1. The second-order valence-electron chi connectivity index (χ2n) is 8.00. The molecule has 0 amide bonds. The summed E-state index contributed by atoms with van der Waals surface area (Å²) in [5.41, 5.74) is 6.20. The van der Waals surface area contributed by atoms with Crippen LogP contribution < -0.4 is 0 Å². The van der Waals surface area contributed by atoms with Gasteiger partial charge in [0, 0.05) is 0 Å². The third-order valence-corrected chi connectivity index (χ3v) is 19.1. The molecule has 0 bridgehead atoms. The van der Waals surface area contributed by atoms with E-state index in [1.54, 1.807) is 43.6 Å². The van der Waals surface area contributed by atoms with Crippen LogP contribution in [0.5, 0.6) is 5.75 Å². The van der Waals surface area contributed by atoms with E-state index in [1.807, 2.05) is 6.07 Å². The van der Waals surface area contributed by atoms with E-state index in [9.17, 15) is 0 Å². The Labute approximate surface area is 171 Å². The number of phenolic OH excluding ortho intramolecular Hbond substituents is 1. The van der Waals surface area contributed by atoms with Crippen LogP contribution in [-0.2, 0) is 20.3 Å². The predicted molar refractivity (Wildman–Crippen MR) is 114 cm³/mol. The van der Waals surface area contributed by atoms with Crippen molar-refractivity contribution in [3.63, 3.8) is 0 Å². The molecule has 2 heteroatoms. The molecule has 1 fully saturated rings. The number of fused-ring (bicyclic) bond motifs is 2. The molecule has 0 radical (unpaired) electrons. The van der Waals surface area contributed by atoms with Crippen LogP contribution >= 0.6 is 0 Å². The maximum absolute atomic E-state index is 8.63. The van der Waals surface area contributed by atoms with Crippen molar-refractivity contribution in [3.8, 4) is 5.75 Å². The zero-order valence-electron chi connectivity index (χ0n) is 15.8. The molecule has 1 aliphatic heterocycles. The molecule has 1 N–H and O–H groups in total. The summed E-state index contributed by atoms with van der Waals surface area (Å²) in [6, 6.07) is 26.8. The van der Waals surface area contributed by atoms with Crippen molar-refractivity contribution in [3.05, 3.63) is 113 Å². The Morgan fingerprint density at radius 2 is 1.07 bits per heavy atom. The molecule has 6 rings (SSSR count). The van der Waals surface area contributed by atoms with Crippen LogP contribution in [-0.4, -0.2) is 5.11 Å². The van der Waals surface area contributed by atoms with E-state index < -0.39 is 20.3 Å². The van der Waals surface area contributed by atoms with Crippen molar-refractivity contribution in [2.75, 3.05) is 0 Å². The zero-order valence-corrected chi connectivity index (χ0v) is 18.3. The molecule has 3 aromatic carbocycles. The van der Waals surface area contributed by atoms with Gasteiger partial charge in [-0.2, -0.15) is 0 Å². The maximum atomic E-state index is 8.63. The standard InChI is InChI=1S/2C9H7.C6H6O.C2H4.Zr/c2*1-2-5-9-7-3-6-8(9)4-1;7-6-4-2-1-3-5-6;1-2;/h2*1-7H;1-5,7H;1-2H2;. The summed E-state index contributed by atoms with van der Waals surface area (Å²) in [6.45, 7) is 0. The molecule has 3 aliphatic rings. The van der Waals surface area contributed by atoms with Crippen LogP contribution in [0.15, 0.2) is 91.0 Å². The van der Waals surface area contributed by atoms with Crippen LogP contribution in [0.3, 0.4) is 0 Å². The first-order chi connectivity index (χ1) is 13.8. The molecule has 0 saturated carbocycles. The molecular formula is C26H24OZr. The van der Waals surface area contributed by atoms with Crippen LogP contribution in [0.1, 0.15) is 29.5 Å². The van der Waals surface area contributed by atoms with Gasteiger partial charge in [-0.25, -0.2) is 0 Å². The number of phenols is 1. The molecule has 3 aromatic rings. The molecule has 0 spiro atoms. The Morgan fingerprint density at radius 3 is 1.50 bits per heavy atom. The number of hydrogen-bond acceptors (Lipinski definition) is 1. The molecular weight excluding hydrogens is 420 g/mol. The number of rotatable bonds is 2. The number of benzene rings is 3. The molecule has 0 aromatic heterocycles. The molecule has 1 saturated heterocycles. The Morgan fingerprint density at radius 1 is 0.607 bits per heavy atom. The van der Waals surface area contributed by atoms with Crippen LogP contribution in [0.4, 0.5) is 0 Å². The fourth-order valence-electron chi connectivity index (χ4n) is 4.89. The summed E-state index contributed by atoms with van der Waals surface area (Å²) < 4.78 is 4.72. The van der Waals surface area contributed by atoms with Crippen molar-refractivity contribution in [1.82, 2.24) is 0 Å². The van der Waals surface area contributed by atoms with Gasteiger partial charge >= 0.3 is 131 Å². The Balaban J connectivity index is 0.000000208. The number of para-hydroxylation sites is 1. The summed E-state index contributed by atoms with van der Waals surface area (Å²) in [6.07, 6.45) is 9.84.